The Hall–Kier alpha value is -3.31. The van der Waals surface area contributed by atoms with Crippen LogP contribution >= 0.6 is 0 Å². The summed E-state index contributed by atoms with van der Waals surface area (Å²) in [6.45, 7) is 0. The molecule has 11 heteroatoms. The molecule has 0 radical (unpaired) electrons. The van der Waals surface area contributed by atoms with Crippen LogP contribution in [-0.2, 0) is 20.0 Å². The average molecular weight is 476 g/mol. The number of furan rings is 1. The van der Waals surface area contributed by atoms with Gasteiger partial charge in [0.05, 0.1) is 30.2 Å². The molecule has 0 saturated carbocycles. The second kappa shape index (κ2) is 8.32. The Morgan fingerprint density at radius 3 is 2.28 bits per heavy atom. The van der Waals surface area contributed by atoms with Crippen molar-refractivity contribution in [3.63, 3.8) is 0 Å². The normalized spacial score (nSPS) is 16.6. The van der Waals surface area contributed by atoms with Gasteiger partial charge in [-0.05, 0) is 54.1 Å². The van der Waals surface area contributed by atoms with Crippen molar-refractivity contribution in [2.45, 2.75) is 17.4 Å². The molecule has 1 aliphatic rings. The molecule has 168 valence electrons. The van der Waals surface area contributed by atoms with Gasteiger partial charge in [-0.25, -0.2) is 8.42 Å². The molecule has 0 bridgehead atoms. The fraction of sp³-hybridized carbons (Fsp3) is 0.190. The number of methoxy groups -OCH3 is 1. The summed E-state index contributed by atoms with van der Waals surface area (Å²) in [6.07, 6.45) is 2.84. The number of hydrogen-bond acceptors (Lipinski definition) is 7. The molecule has 32 heavy (non-hydrogen) atoms. The molecule has 3 aromatic rings. The van der Waals surface area contributed by atoms with Gasteiger partial charge in [-0.1, -0.05) is 12.1 Å². The summed E-state index contributed by atoms with van der Waals surface area (Å²) in [4.78, 5) is 0.0764. The number of sulfonamides is 2. The van der Waals surface area contributed by atoms with Gasteiger partial charge in [0.2, 0.25) is 10.0 Å². The van der Waals surface area contributed by atoms with Crippen molar-refractivity contribution in [2.24, 2.45) is 5.10 Å². The molecule has 0 fully saturated rings. The van der Waals surface area contributed by atoms with E-state index in [4.69, 9.17) is 9.15 Å². The number of anilines is 1. The molecule has 0 spiro atoms. The Bertz CT molecular complexity index is 1330. The van der Waals surface area contributed by atoms with Gasteiger partial charge in [-0.2, -0.15) is 17.9 Å². The van der Waals surface area contributed by atoms with E-state index in [1.807, 2.05) is 0 Å². The molecule has 1 aliphatic heterocycles. The molecule has 9 nitrogen and oxygen atoms in total. The zero-order valence-corrected chi connectivity index (χ0v) is 18.9. The number of nitrogens with one attached hydrogen (secondary N) is 1. The maximum absolute atomic E-state index is 13.4. The first-order valence-electron chi connectivity index (χ1n) is 9.55. The molecule has 0 amide bonds. The van der Waals surface area contributed by atoms with Crippen molar-refractivity contribution in [2.75, 3.05) is 18.1 Å². The molecule has 1 aromatic heterocycles. The highest BCUT2D eigenvalue weighted by Gasteiger charge is 2.39. The number of ether oxygens (including phenoxy) is 1. The Kier molecular flexibility index (Phi) is 5.70. The van der Waals surface area contributed by atoms with E-state index in [0.717, 1.165) is 10.7 Å². The molecule has 0 unspecified atom stereocenters. The molecule has 4 rings (SSSR count). The van der Waals surface area contributed by atoms with Gasteiger partial charge in [-0.15, -0.1) is 0 Å². The van der Waals surface area contributed by atoms with Crippen molar-refractivity contribution < 1.29 is 26.0 Å². The summed E-state index contributed by atoms with van der Waals surface area (Å²) in [5.74, 6) is 1.01. The highest BCUT2D eigenvalue weighted by atomic mass is 32.2. The molecular weight excluding hydrogens is 454 g/mol. The Labute approximate surface area is 186 Å². The zero-order valence-electron chi connectivity index (χ0n) is 17.3. The van der Waals surface area contributed by atoms with E-state index in [1.165, 1.54) is 25.5 Å². The number of nitrogens with zero attached hydrogens (tertiary/aromatic N) is 2. The van der Waals surface area contributed by atoms with Crippen LogP contribution < -0.4 is 9.46 Å². The Morgan fingerprint density at radius 2 is 1.72 bits per heavy atom. The second-order valence-corrected chi connectivity index (χ2v) is 10.7. The fourth-order valence-electron chi connectivity index (χ4n) is 3.38. The minimum Gasteiger partial charge on any atom is -0.497 e. The van der Waals surface area contributed by atoms with E-state index in [0.29, 0.717) is 34.9 Å². The summed E-state index contributed by atoms with van der Waals surface area (Å²) in [5.41, 5.74) is 1.61. The Balaban J connectivity index is 1.70. The molecular formula is C21H21N3O6S2. The van der Waals surface area contributed by atoms with Crippen molar-refractivity contribution >= 4 is 31.4 Å². The van der Waals surface area contributed by atoms with E-state index in [1.54, 1.807) is 48.5 Å². The van der Waals surface area contributed by atoms with E-state index in [-0.39, 0.29) is 4.90 Å². The summed E-state index contributed by atoms with van der Waals surface area (Å²) < 4.78 is 63.7. The molecule has 2 heterocycles. The number of rotatable bonds is 7. The first-order valence-corrected chi connectivity index (χ1v) is 12.9. The highest BCUT2D eigenvalue weighted by Crippen LogP contribution is 2.37. The first-order chi connectivity index (χ1) is 15.2. The van der Waals surface area contributed by atoms with Crippen LogP contribution in [0.1, 0.15) is 23.8 Å². The summed E-state index contributed by atoms with van der Waals surface area (Å²) in [6, 6.07) is 15.4. The highest BCUT2D eigenvalue weighted by molar-refractivity contribution is 7.92. The van der Waals surface area contributed by atoms with Crippen LogP contribution in [0.25, 0.3) is 0 Å². The van der Waals surface area contributed by atoms with Crippen LogP contribution in [0.4, 0.5) is 5.69 Å². The standard InChI is InChI=1S/C21H21N3O6S2/c1-29-17-9-11-18(12-10-17)32(27,28)24-20(21-4-3-13-30-21)14-19(22-24)15-5-7-16(8-6-15)23-31(2,25)26/h3-13,20,23H,14H2,1-2H3/t20-/m1/s1. The molecule has 1 atom stereocenters. The van der Waals surface area contributed by atoms with Gasteiger partial charge >= 0.3 is 0 Å². The second-order valence-electron chi connectivity index (χ2n) is 7.19. The lowest BCUT2D eigenvalue weighted by atomic mass is 10.0. The minimum atomic E-state index is -3.97. The zero-order chi connectivity index (χ0) is 22.9. The molecule has 0 aliphatic carbocycles. The number of benzene rings is 2. The predicted octanol–water partition coefficient (Wildman–Crippen LogP) is 3.20. The summed E-state index contributed by atoms with van der Waals surface area (Å²) in [7, 11) is -5.87. The van der Waals surface area contributed by atoms with E-state index < -0.39 is 26.1 Å². The van der Waals surface area contributed by atoms with Crippen molar-refractivity contribution in [1.82, 2.24) is 4.41 Å². The van der Waals surface area contributed by atoms with Crippen LogP contribution in [0, 0.1) is 0 Å². The molecule has 1 N–H and O–H groups in total. The van der Waals surface area contributed by atoms with Gasteiger partial charge < -0.3 is 9.15 Å². The van der Waals surface area contributed by atoms with Gasteiger partial charge in [0.15, 0.2) is 0 Å². The largest absolute Gasteiger partial charge is 0.497 e. The first kappa shape index (κ1) is 21.9. The average Bonchev–Trinajstić information content (AvgIpc) is 3.43. The maximum atomic E-state index is 13.4. The van der Waals surface area contributed by atoms with E-state index in [2.05, 4.69) is 9.82 Å². The summed E-state index contributed by atoms with van der Waals surface area (Å²) in [5, 5.41) is 4.42. The van der Waals surface area contributed by atoms with E-state index in [9.17, 15) is 16.8 Å². The third kappa shape index (κ3) is 4.48. The van der Waals surface area contributed by atoms with Gasteiger partial charge in [0.25, 0.3) is 10.0 Å². The lowest BCUT2D eigenvalue weighted by Crippen LogP contribution is -2.27. The lowest BCUT2D eigenvalue weighted by Gasteiger charge is -2.21. The molecule has 0 saturated heterocycles. The van der Waals surface area contributed by atoms with Crippen molar-refractivity contribution in [1.29, 1.82) is 0 Å². The van der Waals surface area contributed by atoms with Crippen LogP contribution in [0.15, 0.2) is 81.3 Å². The topological polar surface area (TPSA) is 118 Å². The van der Waals surface area contributed by atoms with Gasteiger partial charge in [0.1, 0.15) is 17.6 Å². The number of hydrogen-bond donors (Lipinski definition) is 1. The van der Waals surface area contributed by atoms with Crippen LogP contribution in [0.2, 0.25) is 0 Å². The maximum Gasteiger partial charge on any atom is 0.279 e. The smallest absolute Gasteiger partial charge is 0.279 e. The van der Waals surface area contributed by atoms with Gasteiger partial charge in [0, 0.05) is 12.1 Å². The van der Waals surface area contributed by atoms with Crippen molar-refractivity contribution in [3.05, 3.63) is 78.3 Å². The predicted molar refractivity (Wildman–Crippen MR) is 120 cm³/mol. The van der Waals surface area contributed by atoms with Crippen LogP contribution in [0.5, 0.6) is 5.75 Å². The monoisotopic (exact) mass is 475 g/mol. The minimum absolute atomic E-state index is 0.0764. The fourth-order valence-corrected chi connectivity index (χ4v) is 5.36. The third-order valence-corrected chi connectivity index (χ3v) is 7.17. The lowest BCUT2D eigenvalue weighted by molar-refractivity contribution is 0.320. The molecule has 2 aromatic carbocycles. The number of hydrazone groups is 1. The van der Waals surface area contributed by atoms with Crippen LogP contribution in [-0.4, -0.2) is 40.3 Å². The van der Waals surface area contributed by atoms with Crippen LogP contribution in [0.3, 0.4) is 0 Å². The summed E-state index contributed by atoms with van der Waals surface area (Å²) >= 11 is 0. The van der Waals surface area contributed by atoms with E-state index >= 15 is 0 Å². The SMILES string of the molecule is COc1ccc(S(=O)(=O)N2N=C(c3ccc(NS(C)(=O)=O)cc3)C[C@@H]2c2ccco2)cc1. The quantitative estimate of drug-likeness (QED) is 0.561. The Morgan fingerprint density at radius 1 is 1.03 bits per heavy atom. The third-order valence-electron chi connectivity index (χ3n) is 4.87. The van der Waals surface area contributed by atoms with Gasteiger partial charge in [-0.3, -0.25) is 4.72 Å². The van der Waals surface area contributed by atoms with Crippen molar-refractivity contribution in [3.8, 4) is 5.75 Å².